The average molecular weight is 462 g/mol. The summed E-state index contributed by atoms with van der Waals surface area (Å²) >= 11 is 1.69. The van der Waals surface area contributed by atoms with E-state index in [1.165, 1.54) is 9.44 Å². The Bertz CT molecular complexity index is 1300. The molecule has 0 amide bonds. The Hall–Kier alpha value is -3.30. The maximum absolute atomic E-state index is 13.3. The highest BCUT2D eigenvalue weighted by Crippen LogP contribution is 2.51. The largest absolute Gasteiger partial charge is 0.383 e. The summed E-state index contributed by atoms with van der Waals surface area (Å²) in [7, 11) is 1.68. The van der Waals surface area contributed by atoms with Crippen LogP contribution in [0.1, 0.15) is 40.6 Å². The molecule has 1 atom stereocenters. The first-order valence-electron chi connectivity index (χ1n) is 11.0. The third kappa shape index (κ3) is 3.39. The predicted molar refractivity (Wildman–Crippen MR) is 133 cm³/mol. The number of hydrogen-bond donors (Lipinski definition) is 3. The molecule has 0 unspecified atom stereocenters. The molecule has 1 spiro atoms. The number of nitrogens with one attached hydrogen (secondary N) is 1. The first-order valence-corrected chi connectivity index (χ1v) is 11.8. The number of aromatic nitrogens is 3. The van der Waals surface area contributed by atoms with E-state index >= 15 is 0 Å². The van der Waals surface area contributed by atoms with Crippen LogP contribution in [0.25, 0.3) is 5.57 Å². The van der Waals surface area contributed by atoms with Crippen molar-refractivity contribution in [3.8, 4) is 0 Å². The fraction of sp³-hybridized carbons (Fsp3) is 0.333. The van der Waals surface area contributed by atoms with Crippen molar-refractivity contribution in [3.63, 3.8) is 0 Å². The molecule has 1 aromatic carbocycles. The molecule has 33 heavy (non-hydrogen) atoms. The average Bonchev–Trinajstić information content (AvgIpc) is 3.38. The number of anilines is 2. The third-order valence-electron chi connectivity index (χ3n) is 7.15. The molecule has 3 heterocycles. The van der Waals surface area contributed by atoms with Crippen LogP contribution in [0.3, 0.4) is 0 Å². The molecule has 2 aromatic heterocycles. The van der Waals surface area contributed by atoms with Crippen LogP contribution in [0.5, 0.6) is 0 Å². The number of rotatable bonds is 4. The van der Waals surface area contributed by atoms with Crippen molar-refractivity contribution in [2.75, 3.05) is 23.7 Å². The summed E-state index contributed by atoms with van der Waals surface area (Å²) in [5.41, 5.74) is 16.7. The first kappa shape index (κ1) is 21.5. The minimum absolute atomic E-state index is 0.00785. The summed E-state index contributed by atoms with van der Waals surface area (Å²) in [5, 5.41) is 8.58. The van der Waals surface area contributed by atoms with Crippen molar-refractivity contribution in [1.29, 1.82) is 5.41 Å². The van der Waals surface area contributed by atoms with Crippen LogP contribution in [-0.2, 0) is 13.5 Å². The lowest BCUT2D eigenvalue weighted by molar-refractivity contribution is 0.185. The van der Waals surface area contributed by atoms with Gasteiger partial charge in [-0.25, -0.2) is 4.98 Å². The van der Waals surface area contributed by atoms with Gasteiger partial charge in [-0.05, 0) is 30.2 Å². The molecule has 2 aliphatic rings. The Balaban J connectivity index is 1.39. The number of fused-ring (bicyclic) bond motifs is 1. The van der Waals surface area contributed by atoms with Gasteiger partial charge >= 0.3 is 0 Å². The summed E-state index contributed by atoms with van der Waals surface area (Å²) in [6.07, 6.45) is 2.76. The molecule has 0 bridgehead atoms. The molecule has 8 nitrogen and oxygen atoms in total. The van der Waals surface area contributed by atoms with Crippen molar-refractivity contribution in [2.45, 2.75) is 25.3 Å². The highest BCUT2D eigenvalue weighted by Gasteiger charge is 2.47. The van der Waals surface area contributed by atoms with E-state index in [0.717, 1.165) is 43.6 Å². The standard InChI is InChI=1S/C24H27N7OS/c1-14(15-6-4-3-5-7-15)18(25)17-21(27)29-23(30(2)22(17)32)31-10-8-24(9-11-31)12-16-19(20(24)26)28-13-33-16/h3-7,13,20,25H,1,8-12,26-27H2,2H3/t20-/m1/s1. The number of benzene rings is 1. The lowest BCUT2D eigenvalue weighted by Gasteiger charge is -2.42. The quantitative estimate of drug-likeness (QED) is 0.513. The van der Waals surface area contributed by atoms with Crippen LogP contribution < -0.4 is 21.9 Å². The zero-order chi connectivity index (χ0) is 23.3. The van der Waals surface area contributed by atoms with Gasteiger partial charge < -0.3 is 16.4 Å². The Morgan fingerprint density at radius 2 is 1.97 bits per heavy atom. The first-order chi connectivity index (χ1) is 15.8. The molecule has 1 fully saturated rings. The Labute approximate surface area is 196 Å². The molecule has 3 aromatic rings. The van der Waals surface area contributed by atoms with Gasteiger partial charge in [0.25, 0.3) is 5.56 Å². The third-order valence-corrected chi connectivity index (χ3v) is 8.00. The molecular formula is C24H27N7OS. The van der Waals surface area contributed by atoms with Crippen molar-refractivity contribution in [1.82, 2.24) is 14.5 Å². The second-order valence-electron chi connectivity index (χ2n) is 8.92. The highest BCUT2D eigenvalue weighted by molar-refractivity contribution is 7.09. The lowest BCUT2D eigenvalue weighted by atomic mass is 9.74. The molecule has 0 saturated carbocycles. The molecule has 5 rings (SSSR count). The summed E-state index contributed by atoms with van der Waals surface area (Å²) in [4.78, 5) is 25.7. The smallest absolute Gasteiger partial charge is 0.266 e. The van der Waals surface area contributed by atoms with Gasteiger partial charge in [0.2, 0.25) is 5.95 Å². The minimum atomic E-state index is -0.344. The van der Waals surface area contributed by atoms with E-state index in [0.29, 0.717) is 11.5 Å². The summed E-state index contributed by atoms with van der Waals surface area (Å²) in [6.45, 7) is 5.47. The monoisotopic (exact) mass is 461 g/mol. The van der Waals surface area contributed by atoms with Crippen molar-refractivity contribution in [2.24, 2.45) is 18.2 Å². The van der Waals surface area contributed by atoms with Gasteiger partial charge in [0.05, 0.1) is 23.0 Å². The highest BCUT2D eigenvalue weighted by atomic mass is 32.1. The van der Waals surface area contributed by atoms with E-state index in [9.17, 15) is 4.79 Å². The number of thiazole rings is 1. The van der Waals surface area contributed by atoms with E-state index in [1.54, 1.807) is 18.4 Å². The molecule has 1 saturated heterocycles. The van der Waals surface area contributed by atoms with Crippen molar-refractivity contribution in [3.05, 3.63) is 74.5 Å². The van der Waals surface area contributed by atoms with E-state index in [1.807, 2.05) is 35.8 Å². The fourth-order valence-electron chi connectivity index (χ4n) is 5.08. The molecule has 0 radical (unpaired) electrons. The zero-order valence-electron chi connectivity index (χ0n) is 18.5. The minimum Gasteiger partial charge on any atom is -0.383 e. The Kier molecular flexibility index (Phi) is 5.18. The number of nitrogen functional groups attached to an aromatic ring is 1. The second-order valence-corrected chi connectivity index (χ2v) is 9.86. The maximum atomic E-state index is 13.3. The fourth-order valence-corrected chi connectivity index (χ4v) is 6.05. The number of nitrogens with zero attached hydrogens (tertiary/aromatic N) is 4. The number of hydrogen-bond acceptors (Lipinski definition) is 8. The molecule has 9 heteroatoms. The summed E-state index contributed by atoms with van der Waals surface area (Å²) in [6, 6.07) is 9.28. The van der Waals surface area contributed by atoms with Gasteiger partial charge in [0.1, 0.15) is 11.4 Å². The van der Waals surface area contributed by atoms with Gasteiger partial charge in [-0.15, -0.1) is 11.3 Å². The Morgan fingerprint density at radius 1 is 1.27 bits per heavy atom. The second kappa shape index (κ2) is 7.93. The molecule has 5 N–H and O–H groups in total. The SMILES string of the molecule is C=C(C(=N)c1c(N)nc(N2CCC3(CC2)Cc2scnc2[C@H]3N)n(C)c1=O)c1ccccc1. The van der Waals surface area contributed by atoms with Crippen molar-refractivity contribution < 1.29 is 0 Å². The van der Waals surface area contributed by atoms with Crippen molar-refractivity contribution >= 4 is 34.4 Å². The van der Waals surface area contributed by atoms with Crippen LogP contribution in [0.4, 0.5) is 11.8 Å². The van der Waals surface area contributed by atoms with E-state index in [2.05, 4.69) is 21.4 Å². The van der Waals surface area contributed by atoms with Crippen LogP contribution in [-0.4, -0.2) is 33.3 Å². The van der Waals surface area contributed by atoms with Gasteiger partial charge in [0.15, 0.2) is 0 Å². The van der Waals surface area contributed by atoms with Gasteiger partial charge in [-0.3, -0.25) is 14.8 Å². The summed E-state index contributed by atoms with van der Waals surface area (Å²) < 4.78 is 1.49. The topological polar surface area (TPSA) is 127 Å². The number of piperidine rings is 1. The van der Waals surface area contributed by atoms with Crippen LogP contribution in [0.15, 0.2) is 47.2 Å². The zero-order valence-corrected chi connectivity index (χ0v) is 19.4. The molecule has 170 valence electrons. The summed E-state index contributed by atoms with van der Waals surface area (Å²) in [5.74, 6) is 0.577. The molecule has 1 aliphatic heterocycles. The number of nitrogens with two attached hydrogens (primary N) is 2. The normalized spacial score (nSPS) is 19.0. The van der Waals surface area contributed by atoms with Gasteiger partial charge in [0, 0.05) is 30.6 Å². The van der Waals surface area contributed by atoms with E-state index in [4.69, 9.17) is 16.9 Å². The van der Waals surface area contributed by atoms with Crippen LogP contribution in [0, 0.1) is 10.8 Å². The van der Waals surface area contributed by atoms with Crippen LogP contribution >= 0.6 is 11.3 Å². The van der Waals surface area contributed by atoms with Gasteiger partial charge in [-0.2, -0.15) is 4.98 Å². The Morgan fingerprint density at radius 3 is 2.64 bits per heavy atom. The van der Waals surface area contributed by atoms with E-state index < -0.39 is 0 Å². The number of allylic oxidation sites excluding steroid dienone is 1. The van der Waals surface area contributed by atoms with E-state index in [-0.39, 0.29) is 34.1 Å². The predicted octanol–water partition coefficient (Wildman–Crippen LogP) is 2.74. The maximum Gasteiger partial charge on any atom is 0.266 e. The molecule has 1 aliphatic carbocycles. The molecular weight excluding hydrogens is 434 g/mol. The lowest BCUT2D eigenvalue weighted by Crippen LogP contribution is -2.46. The van der Waals surface area contributed by atoms with Crippen LogP contribution in [0.2, 0.25) is 0 Å². The van der Waals surface area contributed by atoms with Gasteiger partial charge in [-0.1, -0.05) is 36.9 Å².